The molecule has 1 aromatic carbocycles. The molecule has 4 fully saturated rings. The minimum Gasteiger partial charge on any atom is -0.350 e. The summed E-state index contributed by atoms with van der Waals surface area (Å²) in [6.45, 7) is 5.53. The summed E-state index contributed by atoms with van der Waals surface area (Å²) < 4.78 is -1.23. The molecule has 0 radical (unpaired) electrons. The Morgan fingerprint density at radius 3 is 2.20 bits per heavy atom. The second kappa shape index (κ2) is 15.9. The highest BCUT2D eigenvalue weighted by Crippen LogP contribution is 2.65. The summed E-state index contributed by atoms with van der Waals surface area (Å²) in [5.41, 5.74) is 0.356. The summed E-state index contributed by atoms with van der Waals surface area (Å²) in [4.78, 5) is 81.9. The van der Waals surface area contributed by atoms with E-state index in [1.54, 1.807) is 0 Å². The summed E-state index contributed by atoms with van der Waals surface area (Å²) in [6.07, 6.45) is 7.39. The minimum absolute atomic E-state index is 0.110. The number of carbonyl (C=O) groups excluding carboxylic acids is 6. The van der Waals surface area contributed by atoms with E-state index < -0.39 is 75.9 Å². The van der Waals surface area contributed by atoms with E-state index in [9.17, 15) is 28.8 Å². The van der Waals surface area contributed by atoms with Crippen LogP contribution >= 0.6 is 23.2 Å². The lowest BCUT2D eigenvalue weighted by molar-refractivity contribution is -0.144. The molecule has 3 saturated carbocycles. The van der Waals surface area contributed by atoms with Crippen LogP contribution in [-0.4, -0.2) is 81.4 Å². The molecule has 1 saturated heterocycles. The van der Waals surface area contributed by atoms with Crippen LogP contribution in [0.1, 0.15) is 84.1 Å². The smallest absolute Gasteiger partial charge is 0.315 e. The Labute approximate surface area is 303 Å². The van der Waals surface area contributed by atoms with Crippen molar-refractivity contribution in [2.24, 2.45) is 23.7 Å². The molecule has 50 heavy (non-hydrogen) atoms. The van der Waals surface area contributed by atoms with Crippen molar-refractivity contribution < 1.29 is 28.8 Å². The number of ketones is 1. The van der Waals surface area contributed by atoms with E-state index in [-0.39, 0.29) is 37.3 Å². The van der Waals surface area contributed by atoms with Crippen molar-refractivity contribution in [1.82, 2.24) is 31.5 Å². The molecule has 274 valence electrons. The fraction of sp³-hybridized carbons (Fsp3) is 0.667. The number of likely N-dealkylation sites (tertiary alicyclic amines) is 1. The number of halogens is 2. The van der Waals surface area contributed by atoms with Gasteiger partial charge >= 0.3 is 6.03 Å². The summed E-state index contributed by atoms with van der Waals surface area (Å²) in [7, 11) is 0. The van der Waals surface area contributed by atoms with E-state index in [0.717, 1.165) is 56.9 Å². The first-order chi connectivity index (χ1) is 23.7. The molecule has 6 amide bonds. The molecule has 5 N–H and O–H groups in total. The van der Waals surface area contributed by atoms with Crippen molar-refractivity contribution in [2.45, 2.75) is 113 Å². The number of nitrogens with zero attached hydrogens (tertiary/aromatic N) is 1. The summed E-state index contributed by atoms with van der Waals surface area (Å²) in [5.74, 6) is -4.24. The quantitative estimate of drug-likeness (QED) is 0.154. The van der Waals surface area contributed by atoms with Crippen LogP contribution < -0.4 is 26.6 Å². The molecule has 1 aliphatic heterocycles. The first kappa shape index (κ1) is 37.9. The molecular formula is C36H50Cl2N6O6. The minimum atomic E-state index is -1.23. The maximum atomic E-state index is 14.3. The van der Waals surface area contributed by atoms with Gasteiger partial charge in [-0.05, 0) is 57.4 Å². The highest BCUT2D eigenvalue weighted by molar-refractivity contribution is 6.51. The zero-order valence-electron chi connectivity index (χ0n) is 29.1. The van der Waals surface area contributed by atoms with Gasteiger partial charge in [-0.1, -0.05) is 68.9 Å². The van der Waals surface area contributed by atoms with Crippen molar-refractivity contribution in [2.75, 3.05) is 13.1 Å². The van der Waals surface area contributed by atoms with Crippen LogP contribution in [0.5, 0.6) is 0 Å². The van der Waals surface area contributed by atoms with Gasteiger partial charge < -0.3 is 31.5 Å². The van der Waals surface area contributed by atoms with Crippen molar-refractivity contribution >= 4 is 58.6 Å². The number of Topliss-reactive ketones (excluding diaryl/α,β-unsaturated/α-hetero) is 1. The number of amides is 6. The Morgan fingerprint density at radius 2 is 1.58 bits per heavy atom. The van der Waals surface area contributed by atoms with Gasteiger partial charge in [-0.2, -0.15) is 0 Å². The molecule has 0 spiro atoms. The van der Waals surface area contributed by atoms with Crippen molar-refractivity contribution in [3.63, 3.8) is 0 Å². The Kier molecular flexibility index (Phi) is 12.0. The number of carbonyl (C=O) groups is 6. The Hall–Kier alpha value is -3.38. The van der Waals surface area contributed by atoms with Gasteiger partial charge in [-0.3, -0.25) is 24.0 Å². The average molecular weight is 734 g/mol. The Morgan fingerprint density at radius 1 is 0.900 bits per heavy atom. The fourth-order valence-corrected chi connectivity index (χ4v) is 8.32. The number of hydrogen-bond donors (Lipinski definition) is 5. The molecule has 0 aromatic heterocycles. The van der Waals surface area contributed by atoms with Crippen LogP contribution in [0.25, 0.3) is 0 Å². The number of urea groups is 1. The first-order valence-electron chi connectivity index (χ1n) is 17.9. The van der Waals surface area contributed by atoms with Gasteiger partial charge in [0.25, 0.3) is 5.91 Å². The van der Waals surface area contributed by atoms with E-state index in [1.807, 2.05) is 51.1 Å². The van der Waals surface area contributed by atoms with Crippen LogP contribution in [0.3, 0.4) is 0 Å². The van der Waals surface area contributed by atoms with Crippen LogP contribution in [0.4, 0.5) is 4.79 Å². The predicted molar refractivity (Wildman–Crippen MR) is 189 cm³/mol. The summed E-state index contributed by atoms with van der Waals surface area (Å²) in [5, 5.41) is 13.6. The molecule has 5 atom stereocenters. The van der Waals surface area contributed by atoms with Gasteiger partial charge in [0.1, 0.15) is 16.4 Å². The van der Waals surface area contributed by atoms with E-state index >= 15 is 0 Å². The lowest BCUT2D eigenvalue weighted by atomic mass is 9.80. The number of alkyl halides is 2. The monoisotopic (exact) mass is 732 g/mol. The van der Waals surface area contributed by atoms with Gasteiger partial charge in [0.05, 0.1) is 12.6 Å². The second-order valence-electron chi connectivity index (χ2n) is 15.4. The fourth-order valence-electron chi connectivity index (χ4n) is 7.49. The topological polar surface area (TPSA) is 166 Å². The third-order valence-corrected chi connectivity index (χ3v) is 11.5. The normalized spacial score (nSPS) is 24.1. The molecule has 1 heterocycles. The Balaban J connectivity index is 1.27. The third-order valence-electron chi connectivity index (χ3n) is 10.4. The third kappa shape index (κ3) is 9.29. The van der Waals surface area contributed by atoms with E-state index in [0.29, 0.717) is 0 Å². The summed E-state index contributed by atoms with van der Waals surface area (Å²) >= 11 is 13.2. The standard InChI is InChI=1S/C36H50Cl2N6O6/c1-35(2,3)43-34(50)42-28(23-15-8-5-9-16-23)33(49)44-20-24-27(36(24,37)38)29(44)31(47)41-25(17-21-13-10-14-21)30(46)32(48)40-19-26(45)39-18-22-11-6-4-7-12-22/h4,6-7,11-12,21,23-25,27-29H,5,8-10,13-20H2,1-3H3,(H,39,45)(H,40,48)(H,41,47)(H2,42,43,50)/t24-,25?,27-,28-,29-/m0/s1. The van der Waals surface area contributed by atoms with E-state index in [2.05, 4.69) is 26.6 Å². The summed E-state index contributed by atoms with van der Waals surface area (Å²) in [6, 6.07) is 5.68. The van der Waals surface area contributed by atoms with Crippen LogP contribution in [0.15, 0.2) is 30.3 Å². The molecule has 4 aliphatic rings. The number of fused-ring (bicyclic) bond motifs is 1. The average Bonchev–Trinajstić information content (AvgIpc) is 3.36. The van der Waals surface area contributed by atoms with Gasteiger partial charge in [-0.15, -0.1) is 23.2 Å². The van der Waals surface area contributed by atoms with Gasteiger partial charge in [0.2, 0.25) is 23.5 Å². The SMILES string of the molecule is CC(C)(C)NC(=O)N[C@H](C(=O)N1C[C@H]2[C@@H]([C@H]1C(=O)NC(CC1CCC1)C(=O)C(=O)NCC(=O)NCc1ccccc1)C2(Cl)Cl)C1CCCCC1. The largest absolute Gasteiger partial charge is 0.350 e. The van der Waals surface area contributed by atoms with Crippen LogP contribution in [0.2, 0.25) is 0 Å². The van der Waals surface area contributed by atoms with Gasteiger partial charge in [0, 0.05) is 30.5 Å². The lowest BCUT2D eigenvalue weighted by Crippen LogP contribution is -2.61. The lowest BCUT2D eigenvalue weighted by Gasteiger charge is -2.37. The number of benzene rings is 1. The number of nitrogens with one attached hydrogen (secondary N) is 5. The number of piperidine rings is 1. The molecule has 12 nitrogen and oxygen atoms in total. The first-order valence-corrected chi connectivity index (χ1v) is 18.6. The molecule has 1 aromatic rings. The van der Waals surface area contributed by atoms with Gasteiger partial charge in [0.15, 0.2) is 0 Å². The molecule has 0 bridgehead atoms. The van der Waals surface area contributed by atoms with E-state index in [4.69, 9.17) is 23.2 Å². The van der Waals surface area contributed by atoms with Gasteiger partial charge in [-0.25, -0.2) is 4.79 Å². The highest BCUT2D eigenvalue weighted by atomic mass is 35.5. The van der Waals surface area contributed by atoms with Crippen LogP contribution in [0, 0.1) is 23.7 Å². The maximum Gasteiger partial charge on any atom is 0.315 e. The molecular weight excluding hydrogens is 683 g/mol. The zero-order valence-corrected chi connectivity index (χ0v) is 30.6. The number of rotatable bonds is 13. The van der Waals surface area contributed by atoms with Crippen molar-refractivity contribution in [1.29, 1.82) is 0 Å². The zero-order chi connectivity index (χ0) is 36.2. The predicted octanol–water partition coefficient (Wildman–Crippen LogP) is 3.34. The Bertz CT molecular complexity index is 1440. The van der Waals surface area contributed by atoms with Crippen molar-refractivity contribution in [3.05, 3.63) is 35.9 Å². The van der Waals surface area contributed by atoms with E-state index in [1.165, 1.54) is 4.90 Å². The highest BCUT2D eigenvalue weighted by Gasteiger charge is 2.74. The van der Waals surface area contributed by atoms with Crippen LogP contribution in [-0.2, 0) is 30.5 Å². The number of hydrogen-bond acceptors (Lipinski definition) is 6. The molecule has 3 aliphatic carbocycles. The maximum absolute atomic E-state index is 14.3. The molecule has 14 heteroatoms. The second-order valence-corrected chi connectivity index (χ2v) is 16.8. The molecule has 5 rings (SSSR count). The van der Waals surface area contributed by atoms with Crippen molar-refractivity contribution in [3.8, 4) is 0 Å². The molecule has 1 unspecified atom stereocenters.